The molecular formula is C9H19NO2. The highest BCUT2D eigenvalue weighted by Gasteiger charge is 2.12. The van der Waals surface area contributed by atoms with Crippen molar-refractivity contribution < 1.29 is 9.53 Å². The van der Waals surface area contributed by atoms with Crippen LogP contribution in [0.4, 0.5) is 0 Å². The maximum atomic E-state index is 11.1. The number of ether oxygens (including phenoxy) is 1. The molecule has 1 unspecified atom stereocenters. The minimum atomic E-state index is -0.0296. The first-order chi connectivity index (χ1) is 5.61. The van der Waals surface area contributed by atoms with E-state index in [1.54, 1.807) is 0 Å². The quantitative estimate of drug-likeness (QED) is 0.678. The predicted octanol–water partition coefficient (Wildman–Crippen LogP) is 1.18. The van der Waals surface area contributed by atoms with Crippen molar-refractivity contribution in [2.75, 3.05) is 13.7 Å². The van der Waals surface area contributed by atoms with Crippen LogP contribution >= 0.6 is 0 Å². The van der Waals surface area contributed by atoms with Crippen LogP contribution in [0.3, 0.4) is 0 Å². The summed E-state index contributed by atoms with van der Waals surface area (Å²) in [5.74, 6) is 0.453. The van der Waals surface area contributed by atoms with E-state index < -0.39 is 0 Å². The fraction of sp³-hybridized carbons (Fsp3) is 0.889. The van der Waals surface area contributed by atoms with Gasteiger partial charge in [0.2, 0.25) is 5.91 Å². The Morgan fingerprint density at radius 2 is 2.08 bits per heavy atom. The van der Waals surface area contributed by atoms with Gasteiger partial charge >= 0.3 is 0 Å². The minimum Gasteiger partial charge on any atom is -0.375 e. The number of carbonyl (C=O) groups is 1. The third kappa shape index (κ3) is 4.34. The molecule has 0 bridgehead atoms. The molecule has 12 heavy (non-hydrogen) atoms. The molecular weight excluding hydrogens is 154 g/mol. The molecule has 0 saturated carbocycles. The number of amides is 1. The highest BCUT2D eigenvalue weighted by Crippen LogP contribution is 2.04. The average Bonchev–Trinajstić information content (AvgIpc) is 2.00. The van der Waals surface area contributed by atoms with Gasteiger partial charge in [-0.15, -0.1) is 0 Å². The maximum Gasteiger partial charge on any atom is 0.246 e. The molecule has 3 nitrogen and oxygen atoms in total. The van der Waals surface area contributed by atoms with Crippen LogP contribution in [-0.4, -0.2) is 25.7 Å². The molecule has 72 valence electrons. The Labute approximate surface area is 74.5 Å². The zero-order valence-corrected chi connectivity index (χ0v) is 8.39. The van der Waals surface area contributed by atoms with E-state index in [-0.39, 0.29) is 18.6 Å². The summed E-state index contributed by atoms with van der Waals surface area (Å²) in [5.41, 5.74) is 0. The van der Waals surface area contributed by atoms with Gasteiger partial charge in [0.15, 0.2) is 0 Å². The average molecular weight is 173 g/mol. The number of nitrogens with one attached hydrogen (secondary N) is 1. The molecule has 0 aliphatic rings. The van der Waals surface area contributed by atoms with E-state index in [9.17, 15) is 4.79 Å². The van der Waals surface area contributed by atoms with Crippen LogP contribution in [0.15, 0.2) is 0 Å². The summed E-state index contributed by atoms with van der Waals surface area (Å²) in [5, 5.41) is 2.90. The molecule has 0 radical (unpaired) electrons. The van der Waals surface area contributed by atoms with Crippen molar-refractivity contribution in [3.8, 4) is 0 Å². The van der Waals surface area contributed by atoms with Crippen LogP contribution in [0.5, 0.6) is 0 Å². The van der Waals surface area contributed by atoms with Gasteiger partial charge in [-0.25, -0.2) is 0 Å². The molecule has 0 aliphatic carbocycles. The van der Waals surface area contributed by atoms with E-state index >= 15 is 0 Å². The molecule has 0 aromatic heterocycles. The van der Waals surface area contributed by atoms with Gasteiger partial charge in [0.05, 0.1) is 0 Å². The highest BCUT2D eigenvalue weighted by atomic mass is 16.5. The zero-order chi connectivity index (χ0) is 9.56. The fourth-order valence-electron chi connectivity index (χ4n) is 1.12. The monoisotopic (exact) mass is 173 g/mol. The van der Waals surface area contributed by atoms with Crippen LogP contribution in [0.25, 0.3) is 0 Å². The van der Waals surface area contributed by atoms with E-state index in [0.29, 0.717) is 5.92 Å². The molecule has 0 rings (SSSR count). The molecule has 0 saturated heterocycles. The van der Waals surface area contributed by atoms with E-state index in [1.165, 1.54) is 7.11 Å². The minimum absolute atomic E-state index is 0.0296. The second-order valence-electron chi connectivity index (χ2n) is 3.26. The van der Waals surface area contributed by atoms with Gasteiger partial charge in [0.25, 0.3) is 0 Å². The topological polar surface area (TPSA) is 38.3 Å². The van der Waals surface area contributed by atoms with Crippen LogP contribution in [0.2, 0.25) is 0 Å². The predicted molar refractivity (Wildman–Crippen MR) is 48.9 cm³/mol. The normalized spacial score (nSPS) is 13.1. The molecule has 0 aliphatic heterocycles. The number of hydrogen-bond donors (Lipinski definition) is 1. The standard InChI is InChI=1S/C9H19NO2/c1-5-8(7(2)3)10-9(11)6-12-4/h7-8H,5-6H2,1-4H3,(H,10,11). The highest BCUT2D eigenvalue weighted by molar-refractivity contribution is 5.77. The molecule has 1 atom stereocenters. The van der Waals surface area contributed by atoms with Crippen LogP contribution in [0.1, 0.15) is 27.2 Å². The molecule has 0 aromatic carbocycles. The second kappa shape index (κ2) is 6.00. The summed E-state index contributed by atoms with van der Waals surface area (Å²) < 4.78 is 4.72. The van der Waals surface area contributed by atoms with Gasteiger partial charge < -0.3 is 10.1 Å². The maximum absolute atomic E-state index is 11.1. The molecule has 1 amide bonds. The summed E-state index contributed by atoms with van der Waals surface area (Å²) in [6, 6.07) is 0.271. The van der Waals surface area contributed by atoms with E-state index in [4.69, 9.17) is 4.74 Å². The summed E-state index contributed by atoms with van der Waals surface area (Å²) in [4.78, 5) is 11.1. The Balaban J connectivity index is 3.77. The van der Waals surface area contributed by atoms with E-state index in [0.717, 1.165) is 6.42 Å². The van der Waals surface area contributed by atoms with Crippen LogP contribution in [-0.2, 0) is 9.53 Å². The molecule has 1 N–H and O–H groups in total. The van der Waals surface area contributed by atoms with Crippen LogP contribution in [0, 0.1) is 5.92 Å². The molecule has 0 aromatic rings. The summed E-state index contributed by atoms with van der Waals surface area (Å²) >= 11 is 0. The Bertz CT molecular complexity index is 134. The third-order valence-corrected chi connectivity index (χ3v) is 1.87. The molecule has 0 spiro atoms. The fourth-order valence-corrected chi connectivity index (χ4v) is 1.12. The molecule has 3 heteroatoms. The van der Waals surface area contributed by atoms with Crippen molar-refractivity contribution in [2.45, 2.75) is 33.2 Å². The van der Waals surface area contributed by atoms with Gasteiger partial charge in [-0.1, -0.05) is 20.8 Å². The Hall–Kier alpha value is -0.570. The van der Waals surface area contributed by atoms with Crippen molar-refractivity contribution in [3.63, 3.8) is 0 Å². The Morgan fingerprint density at radius 1 is 1.50 bits per heavy atom. The van der Waals surface area contributed by atoms with Gasteiger partial charge in [0.1, 0.15) is 6.61 Å². The summed E-state index contributed by atoms with van der Waals surface area (Å²) in [7, 11) is 1.52. The van der Waals surface area contributed by atoms with Crippen molar-refractivity contribution in [3.05, 3.63) is 0 Å². The van der Waals surface area contributed by atoms with Crippen molar-refractivity contribution in [1.82, 2.24) is 5.32 Å². The van der Waals surface area contributed by atoms with Gasteiger partial charge in [-0.05, 0) is 12.3 Å². The number of rotatable bonds is 5. The first kappa shape index (κ1) is 11.4. The van der Waals surface area contributed by atoms with Gasteiger partial charge in [-0.3, -0.25) is 4.79 Å². The third-order valence-electron chi connectivity index (χ3n) is 1.87. The lowest BCUT2D eigenvalue weighted by molar-refractivity contribution is -0.125. The first-order valence-corrected chi connectivity index (χ1v) is 4.40. The lowest BCUT2D eigenvalue weighted by Gasteiger charge is -2.20. The lowest BCUT2D eigenvalue weighted by atomic mass is 10.0. The Morgan fingerprint density at radius 3 is 2.42 bits per heavy atom. The van der Waals surface area contributed by atoms with Gasteiger partial charge in [-0.2, -0.15) is 0 Å². The number of carbonyl (C=O) groups excluding carboxylic acids is 1. The second-order valence-corrected chi connectivity index (χ2v) is 3.26. The van der Waals surface area contributed by atoms with Crippen molar-refractivity contribution in [1.29, 1.82) is 0 Å². The summed E-state index contributed by atoms with van der Waals surface area (Å²) in [6.07, 6.45) is 0.965. The smallest absolute Gasteiger partial charge is 0.246 e. The first-order valence-electron chi connectivity index (χ1n) is 4.40. The number of hydrogen-bond acceptors (Lipinski definition) is 2. The molecule has 0 fully saturated rings. The van der Waals surface area contributed by atoms with Gasteiger partial charge in [0, 0.05) is 13.2 Å². The van der Waals surface area contributed by atoms with Crippen molar-refractivity contribution in [2.24, 2.45) is 5.92 Å². The SMILES string of the molecule is CCC(NC(=O)COC)C(C)C. The lowest BCUT2D eigenvalue weighted by Crippen LogP contribution is -2.39. The molecule has 0 heterocycles. The van der Waals surface area contributed by atoms with Crippen LogP contribution < -0.4 is 5.32 Å². The summed E-state index contributed by atoms with van der Waals surface area (Å²) in [6.45, 7) is 6.42. The van der Waals surface area contributed by atoms with E-state index in [2.05, 4.69) is 26.1 Å². The largest absolute Gasteiger partial charge is 0.375 e. The van der Waals surface area contributed by atoms with E-state index in [1.807, 2.05) is 0 Å². The Kier molecular flexibility index (Phi) is 5.72. The van der Waals surface area contributed by atoms with Crippen molar-refractivity contribution >= 4 is 5.91 Å². The number of methoxy groups -OCH3 is 1. The zero-order valence-electron chi connectivity index (χ0n) is 8.39.